The lowest BCUT2D eigenvalue weighted by molar-refractivity contribution is 1.36. The Kier molecular flexibility index (Phi) is 2.90. The summed E-state index contributed by atoms with van der Waals surface area (Å²) in [5.41, 5.74) is 1.20. The smallest absolute Gasteiger partial charge is 0.116 e. The fraction of sp³-hybridized carbons (Fsp3) is 0.0667. The molecule has 0 atom stereocenters. The zero-order valence-electron chi connectivity index (χ0n) is 10.00. The third-order valence-corrected chi connectivity index (χ3v) is 3.64. The van der Waals surface area contributed by atoms with Crippen molar-refractivity contribution < 1.29 is 0 Å². The molecule has 2 heterocycles. The molecule has 0 bridgehead atoms. The summed E-state index contributed by atoms with van der Waals surface area (Å²) in [6.07, 6.45) is 9.79. The molecule has 2 nitrogen and oxygen atoms in total. The Bertz CT molecular complexity index is 708. The lowest BCUT2D eigenvalue weighted by Gasteiger charge is -2.00. The van der Waals surface area contributed by atoms with Crippen LogP contribution in [0.5, 0.6) is 0 Å². The van der Waals surface area contributed by atoms with E-state index in [-0.39, 0.29) is 0 Å². The Morgan fingerprint density at radius 2 is 2.06 bits per heavy atom. The van der Waals surface area contributed by atoms with E-state index < -0.39 is 0 Å². The van der Waals surface area contributed by atoms with Crippen LogP contribution in [0.4, 0.5) is 0 Å². The Balaban J connectivity index is 2.02. The van der Waals surface area contributed by atoms with Crippen molar-refractivity contribution >= 4 is 34.3 Å². The Labute approximate surface area is 110 Å². The molecule has 0 fully saturated rings. The number of thiazole rings is 1. The molecule has 3 heteroatoms. The molecule has 0 saturated heterocycles. The van der Waals surface area contributed by atoms with E-state index >= 15 is 0 Å². The summed E-state index contributed by atoms with van der Waals surface area (Å²) < 4.78 is 0. The van der Waals surface area contributed by atoms with Crippen molar-refractivity contribution in [2.24, 2.45) is 0 Å². The van der Waals surface area contributed by atoms with E-state index in [1.807, 2.05) is 24.7 Å². The summed E-state index contributed by atoms with van der Waals surface area (Å²) in [4.78, 5) is 9.70. The highest BCUT2D eigenvalue weighted by atomic mass is 32.1. The van der Waals surface area contributed by atoms with Gasteiger partial charge in [0, 0.05) is 28.9 Å². The van der Waals surface area contributed by atoms with Crippen molar-refractivity contribution in [1.82, 2.24) is 9.97 Å². The van der Waals surface area contributed by atoms with E-state index in [4.69, 9.17) is 0 Å². The molecule has 3 aromatic rings. The Morgan fingerprint density at radius 1 is 1.11 bits per heavy atom. The van der Waals surface area contributed by atoms with Crippen LogP contribution in [0.25, 0.3) is 22.9 Å². The van der Waals surface area contributed by atoms with Crippen LogP contribution in [0, 0.1) is 6.92 Å². The van der Waals surface area contributed by atoms with E-state index in [0.29, 0.717) is 0 Å². The summed E-state index contributed by atoms with van der Waals surface area (Å²) >= 11 is 1.70. The zero-order valence-corrected chi connectivity index (χ0v) is 10.8. The SMILES string of the molecule is Cc1cnc(/C=C/c2cccc3cnccc23)s1. The van der Waals surface area contributed by atoms with Crippen LogP contribution in [0.15, 0.2) is 42.9 Å². The van der Waals surface area contributed by atoms with E-state index in [1.165, 1.54) is 15.8 Å². The molecule has 1 aromatic carbocycles. The van der Waals surface area contributed by atoms with Gasteiger partial charge in [-0.2, -0.15) is 0 Å². The van der Waals surface area contributed by atoms with Crippen LogP contribution in [0.3, 0.4) is 0 Å². The van der Waals surface area contributed by atoms with E-state index in [9.17, 15) is 0 Å². The van der Waals surface area contributed by atoms with Crippen molar-refractivity contribution in [2.75, 3.05) is 0 Å². The van der Waals surface area contributed by atoms with Gasteiger partial charge >= 0.3 is 0 Å². The minimum atomic E-state index is 1.04. The van der Waals surface area contributed by atoms with Gasteiger partial charge in [-0.05, 0) is 30.0 Å². The molecule has 0 aliphatic carbocycles. The normalized spacial score (nSPS) is 11.4. The molecule has 0 aliphatic rings. The standard InChI is InChI=1S/C15H12N2S/c1-11-9-17-15(18-11)6-5-12-3-2-4-13-10-16-8-7-14(12)13/h2-10H,1H3/b6-5+. The maximum absolute atomic E-state index is 4.33. The zero-order chi connectivity index (χ0) is 12.4. The predicted octanol–water partition coefficient (Wildman–Crippen LogP) is 4.17. The molecule has 0 amide bonds. The summed E-state index contributed by atoms with van der Waals surface area (Å²) in [6, 6.07) is 8.28. The first kappa shape index (κ1) is 11.1. The molecule has 0 aliphatic heterocycles. The summed E-state index contributed by atoms with van der Waals surface area (Å²) in [6.45, 7) is 2.07. The minimum Gasteiger partial charge on any atom is -0.264 e. The fourth-order valence-corrected chi connectivity index (χ4v) is 2.58. The van der Waals surface area contributed by atoms with Gasteiger partial charge in [0.15, 0.2) is 0 Å². The number of aromatic nitrogens is 2. The third-order valence-electron chi connectivity index (χ3n) is 2.76. The number of aryl methyl sites for hydroxylation is 1. The number of benzene rings is 1. The monoisotopic (exact) mass is 252 g/mol. The first-order valence-electron chi connectivity index (χ1n) is 5.76. The molecule has 0 spiro atoms. The van der Waals surface area contributed by atoms with E-state index in [2.05, 4.69) is 47.2 Å². The number of rotatable bonds is 2. The molecule has 3 rings (SSSR count). The molecular formula is C15H12N2S. The van der Waals surface area contributed by atoms with Gasteiger partial charge in [-0.15, -0.1) is 11.3 Å². The molecule has 2 aromatic heterocycles. The Hall–Kier alpha value is -2.00. The van der Waals surface area contributed by atoms with Crippen LogP contribution in [0.2, 0.25) is 0 Å². The third kappa shape index (κ3) is 2.17. The summed E-state index contributed by atoms with van der Waals surface area (Å²) in [5, 5.41) is 3.42. The van der Waals surface area contributed by atoms with Crippen LogP contribution in [-0.2, 0) is 0 Å². The number of nitrogens with zero attached hydrogens (tertiary/aromatic N) is 2. The Morgan fingerprint density at radius 3 is 2.89 bits per heavy atom. The van der Waals surface area contributed by atoms with Crippen molar-refractivity contribution in [3.8, 4) is 0 Å². The van der Waals surface area contributed by atoms with Gasteiger partial charge in [0.2, 0.25) is 0 Å². The lowest BCUT2D eigenvalue weighted by atomic mass is 10.1. The molecule has 88 valence electrons. The van der Waals surface area contributed by atoms with Crippen LogP contribution in [-0.4, -0.2) is 9.97 Å². The molecule has 0 saturated carbocycles. The van der Waals surface area contributed by atoms with Crippen LogP contribution in [0.1, 0.15) is 15.4 Å². The van der Waals surface area contributed by atoms with Crippen LogP contribution < -0.4 is 0 Å². The van der Waals surface area contributed by atoms with Crippen LogP contribution >= 0.6 is 11.3 Å². The largest absolute Gasteiger partial charge is 0.264 e. The average molecular weight is 252 g/mol. The van der Waals surface area contributed by atoms with E-state index in [0.717, 1.165) is 10.4 Å². The van der Waals surface area contributed by atoms with Crippen molar-refractivity contribution in [2.45, 2.75) is 6.92 Å². The molecule has 18 heavy (non-hydrogen) atoms. The number of hydrogen-bond donors (Lipinski definition) is 0. The van der Waals surface area contributed by atoms with Crippen molar-refractivity contribution in [3.05, 3.63) is 58.3 Å². The lowest BCUT2D eigenvalue weighted by Crippen LogP contribution is -1.79. The van der Waals surface area contributed by atoms with Gasteiger partial charge in [0.25, 0.3) is 0 Å². The summed E-state index contributed by atoms with van der Waals surface area (Å²) in [5.74, 6) is 0. The molecular weight excluding hydrogens is 240 g/mol. The maximum Gasteiger partial charge on any atom is 0.116 e. The second-order valence-corrected chi connectivity index (χ2v) is 5.35. The van der Waals surface area contributed by atoms with Gasteiger partial charge in [0.05, 0.1) is 0 Å². The maximum atomic E-state index is 4.33. The van der Waals surface area contributed by atoms with Gasteiger partial charge in [-0.1, -0.05) is 24.3 Å². The predicted molar refractivity (Wildman–Crippen MR) is 77.5 cm³/mol. The molecule has 0 radical (unpaired) electrons. The molecule has 0 unspecified atom stereocenters. The van der Waals surface area contributed by atoms with Gasteiger partial charge < -0.3 is 0 Å². The first-order valence-corrected chi connectivity index (χ1v) is 6.58. The minimum absolute atomic E-state index is 1.04. The molecule has 0 N–H and O–H groups in total. The second kappa shape index (κ2) is 4.70. The van der Waals surface area contributed by atoms with Crippen molar-refractivity contribution in [3.63, 3.8) is 0 Å². The number of pyridine rings is 1. The van der Waals surface area contributed by atoms with Gasteiger partial charge in [0.1, 0.15) is 5.01 Å². The highest BCUT2D eigenvalue weighted by Crippen LogP contribution is 2.20. The first-order chi connectivity index (χ1) is 8.83. The fourth-order valence-electron chi connectivity index (χ4n) is 1.90. The quantitative estimate of drug-likeness (QED) is 0.684. The number of hydrogen-bond acceptors (Lipinski definition) is 3. The van der Waals surface area contributed by atoms with Gasteiger partial charge in [-0.25, -0.2) is 4.98 Å². The van der Waals surface area contributed by atoms with E-state index in [1.54, 1.807) is 11.3 Å². The van der Waals surface area contributed by atoms with Gasteiger partial charge in [-0.3, -0.25) is 4.98 Å². The number of fused-ring (bicyclic) bond motifs is 1. The topological polar surface area (TPSA) is 25.8 Å². The highest BCUT2D eigenvalue weighted by Gasteiger charge is 1.98. The average Bonchev–Trinajstić information content (AvgIpc) is 2.82. The second-order valence-electron chi connectivity index (χ2n) is 4.09. The van der Waals surface area contributed by atoms with Crippen molar-refractivity contribution in [1.29, 1.82) is 0 Å². The summed E-state index contributed by atoms with van der Waals surface area (Å²) in [7, 11) is 0. The highest BCUT2D eigenvalue weighted by molar-refractivity contribution is 7.12.